The van der Waals surface area contributed by atoms with Crippen molar-refractivity contribution in [3.8, 4) is 11.4 Å². The van der Waals surface area contributed by atoms with Crippen LogP contribution in [-0.2, 0) is 11.2 Å². The number of H-pyrrole nitrogens is 1. The number of aromatic nitrogens is 2. The second kappa shape index (κ2) is 8.49. The van der Waals surface area contributed by atoms with Crippen molar-refractivity contribution >= 4 is 5.71 Å². The SMILES string of the molecule is CCCc1[nH]n(-c2ccc(OC)cc2)c(=O)c1C(C)=NCCOC. The van der Waals surface area contributed by atoms with Gasteiger partial charge in [-0.3, -0.25) is 14.9 Å². The molecule has 0 saturated heterocycles. The second-order valence-corrected chi connectivity index (χ2v) is 5.51. The monoisotopic (exact) mass is 331 g/mol. The van der Waals surface area contributed by atoms with Crippen LogP contribution in [0.25, 0.3) is 5.69 Å². The molecule has 1 heterocycles. The highest BCUT2D eigenvalue weighted by molar-refractivity contribution is 5.99. The molecule has 0 saturated carbocycles. The van der Waals surface area contributed by atoms with Gasteiger partial charge in [0.15, 0.2) is 0 Å². The van der Waals surface area contributed by atoms with Crippen LogP contribution in [0.2, 0.25) is 0 Å². The van der Waals surface area contributed by atoms with Crippen LogP contribution in [0.4, 0.5) is 0 Å². The van der Waals surface area contributed by atoms with Crippen LogP contribution in [0.3, 0.4) is 0 Å². The van der Waals surface area contributed by atoms with Crippen LogP contribution in [0, 0.1) is 0 Å². The Labute approximate surface area is 142 Å². The van der Waals surface area contributed by atoms with Crippen LogP contribution in [0.5, 0.6) is 5.75 Å². The van der Waals surface area contributed by atoms with E-state index < -0.39 is 0 Å². The van der Waals surface area contributed by atoms with Gasteiger partial charge in [0.25, 0.3) is 5.56 Å². The van der Waals surface area contributed by atoms with E-state index in [2.05, 4.69) is 17.0 Å². The summed E-state index contributed by atoms with van der Waals surface area (Å²) >= 11 is 0. The minimum Gasteiger partial charge on any atom is -0.497 e. The summed E-state index contributed by atoms with van der Waals surface area (Å²) in [6.07, 6.45) is 1.74. The molecule has 1 aromatic carbocycles. The molecule has 0 fully saturated rings. The number of rotatable bonds is 8. The summed E-state index contributed by atoms with van der Waals surface area (Å²) in [5, 5.41) is 3.23. The maximum atomic E-state index is 12.9. The average molecular weight is 331 g/mol. The smallest absolute Gasteiger partial charge is 0.280 e. The number of nitrogens with zero attached hydrogens (tertiary/aromatic N) is 2. The average Bonchev–Trinajstić information content (AvgIpc) is 2.92. The predicted molar refractivity (Wildman–Crippen MR) is 95.9 cm³/mol. The summed E-state index contributed by atoms with van der Waals surface area (Å²) < 4.78 is 11.8. The summed E-state index contributed by atoms with van der Waals surface area (Å²) in [6.45, 7) is 5.04. The Balaban J connectivity index is 2.45. The number of nitrogens with one attached hydrogen (secondary N) is 1. The van der Waals surface area contributed by atoms with Crippen molar-refractivity contribution in [2.45, 2.75) is 26.7 Å². The first kappa shape index (κ1) is 18.0. The van der Waals surface area contributed by atoms with E-state index in [-0.39, 0.29) is 5.56 Å². The molecule has 0 unspecified atom stereocenters. The topological polar surface area (TPSA) is 68.6 Å². The lowest BCUT2D eigenvalue weighted by Crippen LogP contribution is -2.20. The fourth-order valence-corrected chi connectivity index (χ4v) is 2.58. The van der Waals surface area contributed by atoms with Crippen molar-refractivity contribution in [2.24, 2.45) is 4.99 Å². The highest BCUT2D eigenvalue weighted by atomic mass is 16.5. The zero-order valence-corrected chi connectivity index (χ0v) is 14.8. The molecule has 0 aliphatic rings. The number of aryl methyl sites for hydroxylation is 1. The fourth-order valence-electron chi connectivity index (χ4n) is 2.58. The number of benzene rings is 1. The van der Waals surface area contributed by atoms with Gasteiger partial charge in [-0.15, -0.1) is 0 Å². The third-order valence-corrected chi connectivity index (χ3v) is 3.80. The van der Waals surface area contributed by atoms with Crippen molar-refractivity contribution < 1.29 is 9.47 Å². The normalized spacial score (nSPS) is 11.8. The molecule has 0 aliphatic carbocycles. The highest BCUT2D eigenvalue weighted by Gasteiger charge is 2.17. The van der Waals surface area contributed by atoms with Gasteiger partial charge in [0.2, 0.25) is 0 Å². The molecule has 0 spiro atoms. The Kier molecular flexibility index (Phi) is 6.37. The largest absolute Gasteiger partial charge is 0.497 e. The van der Waals surface area contributed by atoms with E-state index in [0.717, 1.165) is 35.7 Å². The molecule has 0 radical (unpaired) electrons. The molecule has 2 aromatic rings. The van der Waals surface area contributed by atoms with Gasteiger partial charge in [-0.05, 0) is 37.6 Å². The zero-order chi connectivity index (χ0) is 17.5. The third-order valence-electron chi connectivity index (χ3n) is 3.80. The van der Waals surface area contributed by atoms with Gasteiger partial charge in [0.1, 0.15) is 5.75 Å². The Morgan fingerprint density at radius 1 is 1.25 bits per heavy atom. The Morgan fingerprint density at radius 2 is 1.96 bits per heavy atom. The van der Waals surface area contributed by atoms with E-state index in [1.165, 1.54) is 0 Å². The van der Waals surface area contributed by atoms with Gasteiger partial charge < -0.3 is 9.47 Å². The van der Waals surface area contributed by atoms with E-state index in [4.69, 9.17) is 9.47 Å². The molecule has 1 N–H and O–H groups in total. The van der Waals surface area contributed by atoms with Gasteiger partial charge in [0.05, 0.1) is 31.5 Å². The van der Waals surface area contributed by atoms with E-state index in [0.29, 0.717) is 18.7 Å². The highest BCUT2D eigenvalue weighted by Crippen LogP contribution is 2.15. The second-order valence-electron chi connectivity index (χ2n) is 5.51. The number of ether oxygens (including phenoxy) is 2. The fraction of sp³-hybridized carbons (Fsp3) is 0.444. The van der Waals surface area contributed by atoms with E-state index in [1.807, 2.05) is 31.2 Å². The Hall–Kier alpha value is -2.34. The lowest BCUT2D eigenvalue weighted by atomic mass is 10.1. The number of hydrogen-bond donors (Lipinski definition) is 1. The van der Waals surface area contributed by atoms with Gasteiger partial charge in [-0.2, -0.15) is 0 Å². The summed E-state index contributed by atoms with van der Waals surface area (Å²) in [5.41, 5.74) is 3.00. The molecular weight excluding hydrogens is 306 g/mol. The van der Waals surface area contributed by atoms with Gasteiger partial charge in [-0.1, -0.05) is 13.3 Å². The molecular formula is C18H25N3O3. The molecule has 0 bridgehead atoms. The summed E-state index contributed by atoms with van der Waals surface area (Å²) in [6, 6.07) is 7.38. The molecule has 0 atom stereocenters. The Morgan fingerprint density at radius 3 is 2.54 bits per heavy atom. The lowest BCUT2D eigenvalue weighted by Gasteiger charge is -2.03. The van der Waals surface area contributed by atoms with Crippen molar-refractivity contribution in [1.82, 2.24) is 9.78 Å². The van der Waals surface area contributed by atoms with Crippen LogP contribution in [0.15, 0.2) is 34.1 Å². The maximum Gasteiger partial charge on any atom is 0.280 e. The van der Waals surface area contributed by atoms with Crippen LogP contribution in [-0.4, -0.2) is 42.9 Å². The van der Waals surface area contributed by atoms with Gasteiger partial charge in [-0.25, -0.2) is 4.68 Å². The number of hydrogen-bond acceptors (Lipinski definition) is 4. The minimum absolute atomic E-state index is 0.0812. The zero-order valence-electron chi connectivity index (χ0n) is 14.8. The van der Waals surface area contributed by atoms with Crippen molar-refractivity contribution in [1.29, 1.82) is 0 Å². The summed E-state index contributed by atoms with van der Waals surface area (Å²) in [5.74, 6) is 0.754. The van der Waals surface area contributed by atoms with Gasteiger partial charge >= 0.3 is 0 Å². The van der Waals surface area contributed by atoms with Crippen molar-refractivity contribution in [3.05, 3.63) is 45.9 Å². The summed E-state index contributed by atoms with van der Waals surface area (Å²) in [7, 11) is 3.26. The number of methoxy groups -OCH3 is 2. The molecule has 1 aromatic heterocycles. The number of aromatic amines is 1. The molecule has 0 aliphatic heterocycles. The Bertz CT molecular complexity index is 742. The quantitative estimate of drug-likeness (QED) is 0.597. The summed E-state index contributed by atoms with van der Waals surface area (Å²) in [4.78, 5) is 17.3. The lowest BCUT2D eigenvalue weighted by molar-refractivity contribution is 0.208. The van der Waals surface area contributed by atoms with E-state index in [9.17, 15) is 4.79 Å². The van der Waals surface area contributed by atoms with Gasteiger partial charge in [0, 0.05) is 18.5 Å². The first-order chi connectivity index (χ1) is 11.6. The first-order valence-electron chi connectivity index (χ1n) is 8.11. The molecule has 0 amide bonds. The third kappa shape index (κ3) is 3.94. The minimum atomic E-state index is -0.0812. The van der Waals surface area contributed by atoms with Crippen molar-refractivity contribution in [3.63, 3.8) is 0 Å². The molecule has 130 valence electrons. The van der Waals surface area contributed by atoms with E-state index >= 15 is 0 Å². The molecule has 6 heteroatoms. The van der Waals surface area contributed by atoms with Crippen LogP contribution in [0.1, 0.15) is 31.5 Å². The van der Waals surface area contributed by atoms with Crippen molar-refractivity contribution in [2.75, 3.05) is 27.4 Å². The van der Waals surface area contributed by atoms with Crippen LogP contribution < -0.4 is 10.3 Å². The van der Waals surface area contributed by atoms with E-state index in [1.54, 1.807) is 18.9 Å². The predicted octanol–water partition coefficient (Wildman–Crippen LogP) is 2.58. The molecule has 6 nitrogen and oxygen atoms in total. The van der Waals surface area contributed by atoms with Crippen LogP contribution >= 0.6 is 0 Å². The molecule has 24 heavy (non-hydrogen) atoms. The number of aliphatic imine (C=N–C) groups is 1. The molecule has 2 rings (SSSR count). The standard InChI is InChI=1S/C18H25N3O3/c1-5-6-16-17(13(2)19-11-12-23-3)18(22)21(20-16)14-7-9-15(24-4)10-8-14/h7-10,20H,5-6,11-12H2,1-4H3. The first-order valence-corrected chi connectivity index (χ1v) is 8.11. The maximum absolute atomic E-state index is 12.9.